The summed E-state index contributed by atoms with van der Waals surface area (Å²) in [5, 5.41) is 4.33. The smallest absolute Gasteiger partial charge is 0.277 e. The van der Waals surface area contributed by atoms with Crippen molar-refractivity contribution in [3.05, 3.63) is 51.0 Å². The van der Waals surface area contributed by atoms with Gasteiger partial charge in [0.15, 0.2) is 18.1 Å². The Kier molecular flexibility index (Phi) is 5.45. The number of nitrogens with one attached hydrogen (secondary N) is 1. The van der Waals surface area contributed by atoms with Gasteiger partial charge in [-0.25, -0.2) is 5.43 Å². The van der Waals surface area contributed by atoms with Crippen molar-refractivity contribution in [3.63, 3.8) is 0 Å². The average molecular weight is 426 g/mol. The first kappa shape index (κ1) is 17.6. The van der Waals surface area contributed by atoms with Gasteiger partial charge in [-0.15, -0.1) is 0 Å². The summed E-state index contributed by atoms with van der Waals surface area (Å²) >= 11 is 9.52. The number of ether oxygens (including phenoxy) is 3. The molecule has 0 aliphatic carbocycles. The standard InChI is InChI=1S/C17H14BrClN2O4/c1-10-2-3-14(12(18)4-10)23-8-17(22)21-20-7-11-5-15-16(6-13(11)19)25-9-24-15/h2-7H,8-9H2,1H3,(H,21,22)/b20-7-. The van der Waals surface area contributed by atoms with Gasteiger partial charge in [-0.2, -0.15) is 5.10 Å². The van der Waals surface area contributed by atoms with E-state index in [9.17, 15) is 4.79 Å². The zero-order valence-electron chi connectivity index (χ0n) is 13.2. The maximum atomic E-state index is 11.8. The van der Waals surface area contributed by atoms with Crippen molar-refractivity contribution >= 4 is 39.7 Å². The first-order valence-corrected chi connectivity index (χ1v) is 8.50. The maximum absolute atomic E-state index is 11.8. The van der Waals surface area contributed by atoms with Crippen LogP contribution in [0.2, 0.25) is 5.02 Å². The maximum Gasteiger partial charge on any atom is 0.277 e. The number of hydrazone groups is 1. The molecule has 0 saturated heterocycles. The Morgan fingerprint density at radius 2 is 2.12 bits per heavy atom. The van der Waals surface area contributed by atoms with E-state index in [2.05, 4.69) is 26.5 Å². The summed E-state index contributed by atoms with van der Waals surface area (Å²) in [5.74, 6) is 1.37. The Morgan fingerprint density at radius 1 is 1.36 bits per heavy atom. The lowest BCUT2D eigenvalue weighted by molar-refractivity contribution is -0.123. The number of fused-ring (bicyclic) bond motifs is 1. The molecule has 1 heterocycles. The van der Waals surface area contributed by atoms with E-state index in [0.29, 0.717) is 27.8 Å². The minimum absolute atomic E-state index is 0.159. The number of hydrogen-bond acceptors (Lipinski definition) is 5. The molecule has 130 valence electrons. The number of hydrogen-bond donors (Lipinski definition) is 1. The molecule has 2 aromatic rings. The third-order valence-corrected chi connectivity index (χ3v) is 4.28. The van der Waals surface area contributed by atoms with Gasteiger partial charge in [0.25, 0.3) is 5.91 Å². The second-order valence-corrected chi connectivity index (χ2v) is 6.50. The quantitative estimate of drug-likeness (QED) is 0.586. The van der Waals surface area contributed by atoms with E-state index < -0.39 is 0 Å². The number of halogens is 2. The highest BCUT2D eigenvalue weighted by Crippen LogP contribution is 2.36. The van der Waals surface area contributed by atoms with E-state index in [1.54, 1.807) is 18.2 Å². The second kappa shape index (κ2) is 7.76. The van der Waals surface area contributed by atoms with Gasteiger partial charge >= 0.3 is 0 Å². The number of carbonyl (C=O) groups excluding carboxylic acids is 1. The van der Waals surface area contributed by atoms with E-state index in [0.717, 1.165) is 10.0 Å². The van der Waals surface area contributed by atoms with Gasteiger partial charge in [-0.1, -0.05) is 17.7 Å². The van der Waals surface area contributed by atoms with Crippen LogP contribution in [0.4, 0.5) is 0 Å². The van der Waals surface area contributed by atoms with Crippen molar-refractivity contribution in [1.82, 2.24) is 5.43 Å². The predicted octanol–water partition coefficient (Wildman–Crippen LogP) is 3.67. The molecular weight excluding hydrogens is 412 g/mol. The van der Waals surface area contributed by atoms with E-state index in [-0.39, 0.29) is 19.3 Å². The van der Waals surface area contributed by atoms with Gasteiger partial charge < -0.3 is 14.2 Å². The summed E-state index contributed by atoms with van der Waals surface area (Å²) in [6.45, 7) is 1.97. The highest BCUT2D eigenvalue weighted by Gasteiger charge is 2.15. The second-order valence-electron chi connectivity index (χ2n) is 5.24. The monoisotopic (exact) mass is 424 g/mol. The number of aryl methyl sites for hydroxylation is 1. The molecule has 1 aliphatic heterocycles. The molecule has 0 fully saturated rings. The summed E-state index contributed by atoms with van der Waals surface area (Å²) in [6.07, 6.45) is 1.43. The fraction of sp³-hybridized carbons (Fsp3) is 0.176. The molecule has 2 aromatic carbocycles. The van der Waals surface area contributed by atoms with Crippen LogP contribution in [-0.2, 0) is 4.79 Å². The lowest BCUT2D eigenvalue weighted by Gasteiger charge is -2.07. The van der Waals surface area contributed by atoms with Gasteiger partial charge in [0.1, 0.15) is 5.75 Å². The lowest BCUT2D eigenvalue weighted by atomic mass is 10.2. The molecule has 3 rings (SSSR count). The van der Waals surface area contributed by atoms with Crippen LogP contribution in [-0.4, -0.2) is 25.5 Å². The minimum atomic E-state index is -0.388. The van der Waals surface area contributed by atoms with Crippen molar-refractivity contribution < 1.29 is 19.0 Å². The van der Waals surface area contributed by atoms with Crippen LogP contribution < -0.4 is 19.6 Å². The van der Waals surface area contributed by atoms with E-state index in [1.807, 2.05) is 19.1 Å². The molecule has 8 heteroatoms. The first-order chi connectivity index (χ1) is 12.0. The molecule has 0 bridgehead atoms. The molecule has 0 saturated carbocycles. The van der Waals surface area contributed by atoms with Gasteiger partial charge in [0.05, 0.1) is 15.7 Å². The summed E-state index contributed by atoms with van der Waals surface area (Å²) in [6, 6.07) is 8.94. The highest BCUT2D eigenvalue weighted by atomic mass is 79.9. The van der Waals surface area contributed by atoms with E-state index in [1.165, 1.54) is 6.21 Å². The first-order valence-electron chi connectivity index (χ1n) is 7.33. The van der Waals surface area contributed by atoms with Crippen molar-refractivity contribution in [3.8, 4) is 17.2 Å². The van der Waals surface area contributed by atoms with Crippen molar-refractivity contribution in [2.75, 3.05) is 13.4 Å². The number of amides is 1. The predicted molar refractivity (Wildman–Crippen MR) is 97.7 cm³/mol. The third kappa shape index (κ3) is 4.43. The molecule has 1 aliphatic rings. The average Bonchev–Trinajstić information content (AvgIpc) is 3.01. The normalized spacial score (nSPS) is 12.4. The number of carbonyl (C=O) groups is 1. The van der Waals surface area contributed by atoms with Crippen molar-refractivity contribution in [1.29, 1.82) is 0 Å². The molecule has 0 spiro atoms. The summed E-state index contributed by atoms with van der Waals surface area (Å²) < 4.78 is 16.7. The van der Waals surface area contributed by atoms with Crippen LogP contribution in [0.3, 0.4) is 0 Å². The molecule has 6 nitrogen and oxygen atoms in total. The summed E-state index contributed by atoms with van der Waals surface area (Å²) in [5.41, 5.74) is 4.08. The third-order valence-electron chi connectivity index (χ3n) is 3.33. The summed E-state index contributed by atoms with van der Waals surface area (Å²) in [7, 11) is 0. The zero-order chi connectivity index (χ0) is 17.8. The molecule has 0 atom stereocenters. The highest BCUT2D eigenvalue weighted by molar-refractivity contribution is 9.10. The topological polar surface area (TPSA) is 69.2 Å². The SMILES string of the molecule is Cc1ccc(OCC(=O)N/N=C\c2cc3c(cc2Cl)OCO3)c(Br)c1. The van der Waals surface area contributed by atoms with E-state index in [4.69, 9.17) is 25.8 Å². The van der Waals surface area contributed by atoms with Crippen LogP contribution in [0, 0.1) is 6.92 Å². The number of benzene rings is 2. The van der Waals surface area contributed by atoms with Crippen LogP contribution in [0.1, 0.15) is 11.1 Å². The van der Waals surface area contributed by atoms with E-state index >= 15 is 0 Å². The molecular formula is C17H14BrClN2O4. The lowest BCUT2D eigenvalue weighted by Crippen LogP contribution is -2.24. The largest absolute Gasteiger partial charge is 0.483 e. The van der Waals surface area contributed by atoms with Gasteiger partial charge in [-0.05, 0) is 46.6 Å². The Balaban J connectivity index is 1.54. The Bertz CT molecular complexity index is 842. The van der Waals surface area contributed by atoms with Crippen LogP contribution in [0.15, 0.2) is 39.9 Å². The van der Waals surface area contributed by atoms with Crippen molar-refractivity contribution in [2.24, 2.45) is 5.10 Å². The molecule has 25 heavy (non-hydrogen) atoms. The number of rotatable bonds is 5. The van der Waals surface area contributed by atoms with Gasteiger partial charge in [0.2, 0.25) is 6.79 Å². The van der Waals surface area contributed by atoms with Gasteiger partial charge in [0, 0.05) is 11.6 Å². The molecule has 1 amide bonds. The van der Waals surface area contributed by atoms with Gasteiger partial charge in [-0.3, -0.25) is 4.79 Å². The molecule has 0 aromatic heterocycles. The molecule has 0 unspecified atom stereocenters. The van der Waals surface area contributed by atoms with Crippen LogP contribution in [0.25, 0.3) is 0 Å². The fourth-order valence-corrected chi connectivity index (χ4v) is 2.91. The minimum Gasteiger partial charge on any atom is -0.483 e. The number of nitrogens with zero attached hydrogens (tertiary/aromatic N) is 1. The fourth-order valence-electron chi connectivity index (χ4n) is 2.10. The van der Waals surface area contributed by atoms with Crippen LogP contribution in [0.5, 0.6) is 17.2 Å². The zero-order valence-corrected chi connectivity index (χ0v) is 15.6. The Hall–Kier alpha value is -2.25. The van der Waals surface area contributed by atoms with Crippen molar-refractivity contribution in [2.45, 2.75) is 6.92 Å². The summed E-state index contributed by atoms with van der Waals surface area (Å²) in [4.78, 5) is 11.8. The molecule has 1 N–H and O–H groups in total. The Morgan fingerprint density at radius 3 is 2.88 bits per heavy atom. The Labute approximate surface area is 157 Å². The molecule has 0 radical (unpaired) electrons. The van der Waals surface area contributed by atoms with Crippen LogP contribution >= 0.6 is 27.5 Å².